The summed E-state index contributed by atoms with van der Waals surface area (Å²) in [5.41, 5.74) is 0.393. The van der Waals surface area contributed by atoms with Crippen LogP contribution in [-0.4, -0.2) is 34.2 Å². The Morgan fingerprint density at radius 1 is 0.846 bits per heavy atom. The van der Waals surface area contributed by atoms with Gasteiger partial charge < -0.3 is 18.9 Å². The number of methoxy groups -OCH3 is 4. The van der Waals surface area contributed by atoms with E-state index >= 15 is 0 Å². The maximum absolute atomic E-state index is 13.7. The molecule has 0 atom stereocenters. The van der Waals surface area contributed by atoms with Gasteiger partial charge in [-0.25, -0.2) is 8.78 Å². The van der Waals surface area contributed by atoms with Gasteiger partial charge in [-0.3, -0.25) is 4.79 Å². The van der Waals surface area contributed by atoms with E-state index in [1.165, 1.54) is 46.7 Å². The van der Waals surface area contributed by atoms with E-state index in [0.717, 1.165) is 12.1 Å². The zero-order valence-corrected chi connectivity index (χ0v) is 14.8. The number of ketones is 1. The van der Waals surface area contributed by atoms with Gasteiger partial charge in [-0.1, -0.05) is 6.08 Å². The molecule has 138 valence electrons. The summed E-state index contributed by atoms with van der Waals surface area (Å²) in [5.74, 6) is -1.74. The lowest BCUT2D eigenvalue weighted by atomic mass is 10.1. The minimum atomic E-state index is -0.858. The molecule has 0 saturated carbocycles. The molecule has 0 bridgehead atoms. The van der Waals surface area contributed by atoms with Crippen LogP contribution in [0.2, 0.25) is 0 Å². The first-order chi connectivity index (χ1) is 12.5. The van der Waals surface area contributed by atoms with Crippen molar-refractivity contribution in [1.82, 2.24) is 0 Å². The van der Waals surface area contributed by atoms with Crippen molar-refractivity contribution in [3.8, 4) is 23.0 Å². The lowest BCUT2D eigenvalue weighted by Gasteiger charge is -2.14. The molecule has 0 saturated heterocycles. The van der Waals surface area contributed by atoms with Crippen molar-refractivity contribution < 1.29 is 32.5 Å². The standard InChI is InChI=1S/C19H18F2O5/c1-23-16-8-6-12(17(24-2)19(16)26-4)15(22)7-5-11-9-13(20)18(25-3)14(21)10-11/h5-10H,1-4H3/b7-5+. The first-order valence-corrected chi connectivity index (χ1v) is 7.51. The zero-order chi connectivity index (χ0) is 19.3. The van der Waals surface area contributed by atoms with Crippen LogP contribution in [0.5, 0.6) is 23.0 Å². The molecule has 26 heavy (non-hydrogen) atoms. The van der Waals surface area contributed by atoms with Crippen LogP contribution in [0.25, 0.3) is 6.08 Å². The second-order valence-electron chi connectivity index (χ2n) is 5.10. The molecule has 0 radical (unpaired) electrons. The van der Waals surface area contributed by atoms with E-state index in [1.807, 2.05) is 0 Å². The van der Waals surface area contributed by atoms with Crippen molar-refractivity contribution in [1.29, 1.82) is 0 Å². The average molecular weight is 364 g/mol. The van der Waals surface area contributed by atoms with E-state index in [-0.39, 0.29) is 22.6 Å². The third-order valence-corrected chi connectivity index (χ3v) is 3.62. The van der Waals surface area contributed by atoms with E-state index in [0.29, 0.717) is 5.75 Å². The Morgan fingerprint density at radius 3 is 1.92 bits per heavy atom. The van der Waals surface area contributed by atoms with E-state index < -0.39 is 23.2 Å². The Bertz CT molecular complexity index is 823. The van der Waals surface area contributed by atoms with Crippen LogP contribution in [-0.2, 0) is 0 Å². The molecule has 2 aromatic carbocycles. The van der Waals surface area contributed by atoms with E-state index in [2.05, 4.69) is 4.74 Å². The van der Waals surface area contributed by atoms with Gasteiger partial charge in [0.2, 0.25) is 5.75 Å². The maximum Gasteiger partial charge on any atom is 0.204 e. The molecule has 5 nitrogen and oxygen atoms in total. The molecule has 0 aliphatic heterocycles. The molecule has 2 rings (SSSR count). The predicted octanol–water partition coefficient (Wildman–Crippen LogP) is 3.90. The number of allylic oxidation sites excluding steroid dienone is 1. The zero-order valence-electron chi connectivity index (χ0n) is 14.8. The van der Waals surface area contributed by atoms with E-state index in [9.17, 15) is 13.6 Å². The van der Waals surface area contributed by atoms with Crippen LogP contribution in [0, 0.1) is 11.6 Å². The molecular formula is C19H18F2O5. The van der Waals surface area contributed by atoms with Crippen molar-refractivity contribution in [3.63, 3.8) is 0 Å². The minimum Gasteiger partial charge on any atom is -0.493 e. The summed E-state index contributed by atoms with van der Waals surface area (Å²) in [5, 5.41) is 0. The number of halogens is 2. The normalized spacial score (nSPS) is 10.7. The minimum absolute atomic E-state index is 0.175. The van der Waals surface area contributed by atoms with Crippen molar-refractivity contribution in [2.24, 2.45) is 0 Å². The fourth-order valence-corrected chi connectivity index (χ4v) is 2.43. The summed E-state index contributed by atoms with van der Waals surface area (Å²) in [6, 6.07) is 5.21. The third-order valence-electron chi connectivity index (χ3n) is 3.62. The molecule has 0 heterocycles. The third kappa shape index (κ3) is 3.77. The molecule has 0 fully saturated rings. The number of hydrogen-bond donors (Lipinski definition) is 0. The SMILES string of the molecule is COc1ccc(C(=O)/C=C/c2cc(F)c(OC)c(F)c2)c(OC)c1OC. The summed E-state index contributed by atoms with van der Waals surface area (Å²) in [7, 11) is 5.45. The van der Waals surface area contributed by atoms with Gasteiger partial charge in [0, 0.05) is 0 Å². The Labute approximate surface area is 149 Å². The molecule has 0 aliphatic carbocycles. The van der Waals surface area contributed by atoms with Crippen molar-refractivity contribution in [2.75, 3.05) is 28.4 Å². The molecule has 0 unspecified atom stereocenters. The van der Waals surface area contributed by atoms with Crippen LogP contribution in [0.3, 0.4) is 0 Å². The number of benzene rings is 2. The van der Waals surface area contributed by atoms with Gasteiger partial charge in [-0.05, 0) is 35.9 Å². The lowest BCUT2D eigenvalue weighted by molar-refractivity contribution is 0.104. The highest BCUT2D eigenvalue weighted by molar-refractivity contribution is 6.09. The number of ether oxygens (including phenoxy) is 4. The summed E-state index contributed by atoms with van der Waals surface area (Å²) in [6.07, 6.45) is 2.48. The Morgan fingerprint density at radius 2 is 1.42 bits per heavy atom. The van der Waals surface area contributed by atoms with Crippen molar-refractivity contribution in [2.45, 2.75) is 0 Å². The van der Waals surface area contributed by atoms with Gasteiger partial charge in [0.1, 0.15) is 0 Å². The van der Waals surface area contributed by atoms with Crippen LogP contribution < -0.4 is 18.9 Å². The van der Waals surface area contributed by atoms with E-state index in [1.54, 1.807) is 6.07 Å². The molecule has 0 aliphatic rings. The highest BCUT2D eigenvalue weighted by atomic mass is 19.1. The van der Waals surface area contributed by atoms with Crippen molar-refractivity contribution >= 4 is 11.9 Å². The van der Waals surface area contributed by atoms with Gasteiger partial charge in [0.15, 0.2) is 34.7 Å². The second-order valence-corrected chi connectivity index (χ2v) is 5.10. The molecular weight excluding hydrogens is 346 g/mol. The highest BCUT2D eigenvalue weighted by Gasteiger charge is 2.19. The summed E-state index contributed by atoms with van der Waals surface area (Å²) >= 11 is 0. The number of rotatable bonds is 7. The highest BCUT2D eigenvalue weighted by Crippen LogP contribution is 2.40. The van der Waals surface area contributed by atoms with Crippen LogP contribution in [0.1, 0.15) is 15.9 Å². The fraction of sp³-hybridized carbons (Fsp3) is 0.211. The van der Waals surface area contributed by atoms with Gasteiger partial charge in [0.25, 0.3) is 0 Å². The number of carbonyl (C=O) groups excluding carboxylic acids is 1. The average Bonchev–Trinajstić information content (AvgIpc) is 2.64. The molecule has 0 aromatic heterocycles. The number of hydrogen-bond acceptors (Lipinski definition) is 5. The Balaban J connectivity index is 2.37. The quantitative estimate of drug-likeness (QED) is 0.551. The lowest BCUT2D eigenvalue weighted by Crippen LogP contribution is -2.03. The molecule has 7 heteroatoms. The summed E-state index contributed by atoms with van der Waals surface area (Å²) in [4.78, 5) is 12.5. The van der Waals surface area contributed by atoms with Gasteiger partial charge in [-0.15, -0.1) is 0 Å². The summed E-state index contributed by atoms with van der Waals surface area (Å²) < 4.78 is 47.7. The first kappa shape index (κ1) is 19.2. The van der Waals surface area contributed by atoms with E-state index in [4.69, 9.17) is 14.2 Å². The fourth-order valence-electron chi connectivity index (χ4n) is 2.43. The Kier molecular flexibility index (Phi) is 6.16. The van der Waals surface area contributed by atoms with Crippen LogP contribution in [0.4, 0.5) is 8.78 Å². The smallest absolute Gasteiger partial charge is 0.204 e. The molecule has 0 N–H and O–H groups in total. The van der Waals surface area contributed by atoms with Gasteiger partial charge in [0.05, 0.1) is 34.0 Å². The monoisotopic (exact) mass is 364 g/mol. The topological polar surface area (TPSA) is 54.0 Å². The molecule has 2 aromatic rings. The molecule has 0 amide bonds. The molecule has 0 spiro atoms. The van der Waals surface area contributed by atoms with Gasteiger partial charge in [-0.2, -0.15) is 0 Å². The summed E-state index contributed by atoms with van der Waals surface area (Å²) in [6.45, 7) is 0. The van der Waals surface area contributed by atoms with Crippen molar-refractivity contribution in [3.05, 3.63) is 53.1 Å². The Hall–Kier alpha value is -3.09. The van der Waals surface area contributed by atoms with Crippen LogP contribution >= 0.6 is 0 Å². The first-order valence-electron chi connectivity index (χ1n) is 7.51. The van der Waals surface area contributed by atoms with Crippen LogP contribution in [0.15, 0.2) is 30.3 Å². The second kappa shape index (κ2) is 8.33. The maximum atomic E-state index is 13.7. The number of carbonyl (C=O) groups is 1. The largest absolute Gasteiger partial charge is 0.493 e. The van der Waals surface area contributed by atoms with Gasteiger partial charge >= 0.3 is 0 Å². The predicted molar refractivity (Wildman–Crippen MR) is 92.4 cm³/mol.